The number of amides is 1. The first kappa shape index (κ1) is 16.8. The molecule has 1 aliphatic heterocycles. The molecule has 0 spiro atoms. The molecule has 1 aliphatic rings. The molecule has 2 aromatic rings. The molecule has 1 saturated heterocycles. The molecule has 1 aromatic carbocycles. The second-order valence-electron chi connectivity index (χ2n) is 6.29. The SMILES string of the molecule is COc1ccc(-c2cnccc2C2SCC(=O)N2CC(C)C)cc1. The van der Waals surface area contributed by atoms with Crippen LogP contribution in [0, 0.1) is 5.92 Å². The highest BCUT2D eigenvalue weighted by molar-refractivity contribution is 8.00. The summed E-state index contributed by atoms with van der Waals surface area (Å²) >= 11 is 1.69. The molecular weight excluding hydrogens is 320 g/mol. The van der Waals surface area contributed by atoms with Gasteiger partial charge in [-0.05, 0) is 35.2 Å². The molecule has 1 atom stereocenters. The molecule has 24 heavy (non-hydrogen) atoms. The highest BCUT2D eigenvalue weighted by atomic mass is 32.2. The van der Waals surface area contributed by atoms with Crippen LogP contribution in [0.5, 0.6) is 5.75 Å². The first-order chi connectivity index (χ1) is 11.6. The van der Waals surface area contributed by atoms with Crippen molar-refractivity contribution in [3.8, 4) is 16.9 Å². The number of hydrogen-bond donors (Lipinski definition) is 0. The Balaban J connectivity index is 1.97. The molecule has 1 fully saturated rings. The normalized spacial score (nSPS) is 17.6. The molecule has 1 aromatic heterocycles. The van der Waals surface area contributed by atoms with Crippen molar-refractivity contribution >= 4 is 17.7 Å². The summed E-state index contributed by atoms with van der Waals surface area (Å²) in [4.78, 5) is 18.6. The van der Waals surface area contributed by atoms with E-state index >= 15 is 0 Å². The lowest BCUT2D eigenvalue weighted by Gasteiger charge is -2.27. The van der Waals surface area contributed by atoms with Crippen molar-refractivity contribution in [2.75, 3.05) is 19.4 Å². The average molecular weight is 342 g/mol. The molecule has 0 saturated carbocycles. The fourth-order valence-electron chi connectivity index (χ4n) is 2.93. The molecule has 2 heterocycles. The number of pyridine rings is 1. The summed E-state index contributed by atoms with van der Waals surface area (Å²) in [5, 5.41) is 0.0556. The smallest absolute Gasteiger partial charge is 0.233 e. The van der Waals surface area contributed by atoms with Gasteiger partial charge in [0.05, 0.1) is 12.9 Å². The van der Waals surface area contributed by atoms with E-state index in [1.54, 1.807) is 25.1 Å². The first-order valence-electron chi connectivity index (χ1n) is 8.09. The van der Waals surface area contributed by atoms with Crippen molar-refractivity contribution < 1.29 is 9.53 Å². The van der Waals surface area contributed by atoms with Crippen molar-refractivity contribution in [3.63, 3.8) is 0 Å². The third-order valence-corrected chi connectivity index (χ3v) is 5.29. The Morgan fingerprint density at radius 1 is 1.29 bits per heavy atom. The van der Waals surface area contributed by atoms with E-state index in [0.717, 1.165) is 29.0 Å². The van der Waals surface area contributed by atoms with Gasteiger partial charge in [0, 0.05) is 24.5 Å². The van der Waals surface area contributed by atoms with E-state index in [1.807, 2.05) is 41.4 Å². The number of hydrogen-bond acceptors (Lipinski definition) is 4. The zero-order valence-electron chi connectivity index (χ0n) is 14.2. The summed E-state index contributed by atoms with van der Waals surface area (Å²) in [6.07, 6.45) is 3.69. The predicted octanol–water partition coefficient (Wildman–Crippen LogP) is 3.99. The Hall–Kier alpha value is -2.01. The average Bonchev–Trinajstić information content (AvgIpc) is 2.95. The number of rotatable bonds is 5. The zero-order valence-corrected chi connectivity index (χ0v) is 15.0. The number of carbonyl (C=O) groups excluding carboxylic acids is 1. The fraction of sp³-hybridized carbons (Fsp3) is 0.368. The van der Waals surface area contributed by atoms with Gasteiger partial charge < -0.3 is 9.64 Å². The second kappa shape index (κ2) is 7.26. The predicted molar refractivity (Wildman–Crippen MR) is 98.0 cm³/mol. The van der Waals surface area contributed by atoms with Gasteiger partial charge in [0.25, 0.3) is 0 Å². The lowest BCUT2D eigenvalue weighted by molar-refractivity contribution is -0.128. The van der Waals surface area contributed by atoms with Crippen LogP contribution < -0.4 is 4.74 Å². The summed E-state index contributed by atoms with van der Waals surface area (Å²) in [5.41, 5.74) is 3.30. The topological polar surface area (TPSA) is 42.4 Å². The number of ether oxygens (including phenoxy) is 1. The third kappa shape index (κ3) is 3.41. The molecule has 1 unspecified atom stereocenters. The molecule has 3 rings (SSSR count). The van der Waals surface area contributed by atoms with Crippen LogP contribution in [0.3, 0.4) is 0 Å². The quantitative estimate of drug-likeness (QED) is 0.824. The van der Waals surface area contributed by atoms with E-state index in [9.17, 15) is 4.79 Å². The van der Waals surface area contributed by atoms with Crippen LogP contribution in [-0.4, -0.2) is 35.2 Å². The van der Waals surface area contributed by atoms with Gasteiger partial charge in [0.15, 0.2) is 0 Å². The number of aromatic nitrogens is 1. The van der Waals surface area contributed by atoms with Crippen molar-refractivity contribution in [2.24, 2.45) is 5.92 Å². The Kier molecular flexibility index (Phi) is 5.09. The van der Waals surface area contributed by atoms with E-state index in [0.29, 0.717) is 11.7 Å². The van der Waals surface area contributed by atoms with Crippen molar-refractivity contribution in [1.29, 1.82) is 0 Å². The fourth-order valence-corrected chi connectivity index (χ4v) is 4.17. The highest BCUT2D eigenvalue weighted by Gasteiger charge is 2.34. The van der Waals surface area contributed by atoms with Crippen LogP contribution in [-0.2, 0) is 4.79 Å². The van der Waals surface area contributed by atoms with Gasteiger partial charge in [-0.25, -0.2) is 0 Å². The van der Waals surface area contributed by atoms with E-state index in [2.05, 4.69) is 18.8 Å². The first-order valence-corrected chi connectivity index (χ1v) is 9.14. The summed E-state index contributed by atoms with van der Waals surface area (Å²) < 4.78 is 5.24. The standard InChI is InChI=1S/C19H22N2O2S/c1-13(2)11-21-18(22)12-24-19(21)16-8-9-20-10-17(16)14-4-6-15(23-3)7-5-14/h4-10,13,19H,11-12H2,1-3H3. The molecular formula is C19H22N2O2S. The number of nitrogens with zero attached hydrogens (tertiary/aromatic N) is 2. The Labute approximate surface area is 147 Å². The minimum Gasteiger partial charge on any atom is -0.497 e. The number of methoxy groups -OCH3 is 1. The van der Waals surface area contributed by atoms with E-state index < -0.39 is 0 Å². The maximum absolute atomic E-state index is 12.3. The number of thioether (sulfide) groups is 1. The van der Waals surface area contributed by atoms with E-state index in [-0.39, 0.29) is 11.3 Å². The van der Waals surface area contributed by atoms with Gasteiger partial charge in [-0.2, -0.15) is 0 Å². The van der Waals surface area contributed by atoms with Gasteiger partial charge in [-0.3, -0.25) is 9.78 Å². The van der Waals surface area contributed by atoms with Gasteiger partial charge in [-0.15, -0.1) is 11.8 Å². The second-order valence-corrected chi connectivity index (χ2v) is 7.36. The minimum absolute atomic E-state index is 0.0556. The summed E-state index contributed by atoms with van der Waals surface area (Å²) in [6, 6.07) is 10.0. The van der Waals surface area contributed by atoms with E-state index in [1.165, 1.54) is 0 Å². The van der Waals surface area contributed by atoms with Gasteiger partial charge in [0.2, 0.25) is 5.91 Å². The molecule has 0 radical (unpaired) electrons. The zero-order chi connectivity index (χ0) is 17.1. The monoisotopic (exact) mass is 342 g/mol. The van der Waals surface area contributed by atoms with Gasteiger partial charge >= 0.3 is 0 Å². The highest BCUT2D eigenvalue weighted by Crippen LogP contribution is 2.42. The summed E-state index contributed by atoms with van der Waals surface area (Å²) in [7, 11) is 1.66. The van der Waals surface area contributed by atoms with Gasteiger partial charge in [-0.1, -0.05) is 26.0 Å². The third-order valence-electron chi connectivity index (χ3n) is 4.05. The van der Waals surface area contributed by atoms with E-state index in [4.69, 9.17) is 4.74 Å². The van der Waals surface area contributed by atoms with Crippen LogP contribution >= 0.6 is 11.8 Å². The van der Waals surface area contributed by atoms with Crippen molar-refractivity contribution in [2.45, 2.75) is 19.2 Å². The Bertz CT molecular complexity index is 716. The van der Waals surface area contributed by atoms with Gasteiger partial charge in [0.1, 0.15) is 11.1 Å². The van der Waals surface area contributed by atoms with Crippen LogP contribution in [0.25, 0.3) is 11.1 Å². The Morgan fingerprint density at radius 2 is 2.04 bits per heavy atom. The maximum Gasteiger partial charge on any atom is 0.233 e. The molecule has 0 bridgehead atoms. The van der Waals surface area contributed by atoms with Crippen LogP contribution in [0.4, 0.5) is 0 Å². The molecule has 0 aliphatic carbocycles. The Morgan fingerprint density at radius 3 is 2.71 bits per heavy atom. The molecule has 1 amide bonds. The summed E-state index contributed by atoms with van der Waals surface area (Å²) in [5.74, 6) is 2.04. The summed E-state index contributed by atoms with van der Waals surface area (Å²) in [6.45, 7) is 5.06. The van der Waals surface area contributed by atoms with Crippen molar-refractivity contribution in [3.05, 3.63) is 48.3 Å². The molecule has 0 N–H and O–H groups in total. The lowest BCUT2D eigenvalue weighted by atomic mass is 10.0. The number of benzene rings is 1. The van der Waals surface area contributed by atoms with Crippen LogP contribution in [0.15, 0.2) is 42.7 Å². The minimum atomic E-state index is 0.0556. The molecule has 126 valence electrons. The van der Waals surface area contributed by atoms with Crippen LogP contribution in [0.2, 0.25) is 0 Å². The largest absolute Gasteiger partial charge is 0.497 e. The maximum atomic E-state index is 12.3. The molecule has 4 nitrogen and oxygen atoms in total. The van der Waals surface area contributed by atoms with Crippen molar-refractivity contribution in [1.82, 2.24) is 9.88 Å². The van der Waals surface area contributed by atoms with Crippen LogP contribution in [0.1, 0.15) is 24.8 Å². The lowest BCUT2D eigenvalue weighted by Crippen LogP contribution is -2.31. The number of carbonyl (C=O) groups is 1. The molecule has 5 heteroatoms.